The van der Waals surface area contributed by atoms with Crippen molar-refractivity contribution in [2.75, 3.05) is 6.26 Å². The van der Waals surface area contributed by atoms with E-state index in [1.165, 1.54) is 12.1 Å². The third-order valence-corrected chi connectivity index (χ3v) is 4.52. The van der Waals surface area contributed by atoms with Crippen LogP contribution in [0.3, 0.4) is 0 Å². The molecule has 2 atom stereocenters. The standard InChI is InChI=1S/C14H18N2O4S/c1-9-7-14(18)16-15-11(9)5-3-10-4-6-13(12(17)8-10)21(2,19)20/h3-6,8-9,11,15,17H,7H2,1-2H3,(H,16,18)/b5-3+. The minimum atomic E-state index is -3.43. The zero-order chi connectivity index (χ0) is 15.6. The number of phenolic OH excluding ortho intramolecular Hbond substituents is 1. The molecule has 1 aromatic carbocycles. The molecule has 1 aliphatic heterocycles. The van der Waals surface area contributed by atoms with Crippen molar-refractivity contribution in [3.8, 4) is 5.75 Å². The quantitative estimate of drug-likeness (QED) is 0.769. The number of hydrogen-bond acceptors (Lipinski definition) is 5. The molecule has 0 radical (unpaired) electrons. The number of carbonyl (C=O) groups excluding carboxylic acids is 1. The Morgan fingerprint density at radius 3 is 2.67 bits per heavy atom. The summed E-state index contributed by atoms with van der Waals surface area (Å²) in [5, 5.41) is 9.76. The lowest BCUT2D eigenvalue weighted by atomic mass is 9.96. The van der Waals surface area contributed by atoms with Crippen LogP contribution in [0.5, 0.6) is 5.75 Å². The van der Waals surface area contributed by atoms with Crippen molar-refractivity contribution in [3.63, 3.8) is 0 Å². The van der Waals surface area contributed by atoms with Gasteiger partial charge in [0, 0.05) is 18.7 Å². The van der Waals surface area contributed by atoms with E-state index in [2.05, 4.69) is 10.9 Å². The Kier molecular flexibility index (Phi) is 4.34. The Morgan fingerprint density at radius 2 is 2.10 bits per heavy atom. The molecule has 1 heterocycles. The smallest absolute Gasteiger partial charge is 0.234 e. The van der Waals surface area contributed by atoms with Gasteiger partial charge in [0.25, 0.3) is 0 Å². The average molecular weight is 310 g/mol. The third-order valence-electron chi connectivity index (χ3n) is 3.38. The Balaban J connectivity index is 2.15. The topological polar surface area (TPSA) is 95.5 Å². The van der Waals surface area contributed by atoms with Crippen molar-refractivity contribution in [1.82, 2.24) is 10.9 Å². The van der Waals surface area contributed by atoms with Gasteiger partial charge in [-0.3, -0.25) is 10.2 Å². The molecule has 1 fully saturated rings. The monoisotopic (exact) mass is 310 g/mol. The molecule has 6 nitrogen and oxygen atoms in total. The van der Waals surface area contributed by atoms with Gasteiger partial charge in [0.1, 0.15) is 10.6 Å². The molecule has 1 aromatic rings. The first kappa shape index (κ1) is 15.5. The molecule has 0 aromatic heterocycles. The third kappa shape index (κ3) is 3.83. The van der Waals surface area contributed by atoms with E-state index in [9.17, 15) is 18.3 Å². The number of sulfone groups is 1. The van der Waals surface area contributed by atoms with Gasteiger partial charge >= 0.3 is 0 Å². The van der Waals surface area contributed by atoms with Gasteiger partial charge < -0.3 is 5.11 Å². The highest BCUT2D eigenvalue weighted by atomic mass is 32.2. The molecule has 1 saturated heterocycles. The van der Waals surface area contributed by atoms with E-state index in [1.807, 2.05) is 13.0 Å². The minimum Gasteiger partial charge on any atom is -0.507 e. The summed E-state index contributed by atoms with van der Waals surface area (Å²) in [4.78, 5) is 11.1. The van der Waals surface area contributed by atoms with Crippen molar-refractivity contribution in [3.05, 3.63) is 29.8 Å². The Hall–Kier alpha value is -1.86. The number of benzene rings is 1. The van der Waals surface area contributed by atoms with Crippen LogP contribution in [-0.4, -0.2) is 31.7 Å². The zero-order valence-corrected chi connectivity index (χ0v) is 12.6. The number of nitrogens with one attached hydrogen (secondary N) is 2. The summed E-state index contributed by atoms with van der Waals surface area (Å²) in [7, 11) is -3.43. The van der Waals surface area contributed by atoms with Crippen LogP contribution >= 0.6 is 0 Å². The summed E-state index contributed by atoms with van der Waals surface area (Å²) in [6.07, 6.45) is 5.14. The lowest BCUT2D eigenvalue weighted by Gasteiger charge is -2.27. The summed E-state index contributed by atoms with van der Waals surface area (Å²) in [5.74, 6) is -0.154. The van der Waals surface area contributed by atoms with E-state index in [1.54, 1.807) is 12.1 Å². The fraction of sp³-hybridized carbons (Fsp3) is 0.357. The minimum absolute atomic E-state index is 0.0144. The van der Waals surface area contributed by atoms with E-state index in [-0.39, 0.29) is 28.5 Å². The van der Waals surface area contributed by atoms with Gasteiger partial charge in [-0.2, -0.15) is 0 Å². The van der Waals surface area contributed by atoms with E-state index in [0.29, 0.717) is 12.0 Å². The van der Waals surface area contributed by atoms with Crippen molar-refractivity contribution in [2.45, 2.75) is 24.3 Å². The fourth-order valence-corrected chi connectivity index (χ4v) is 2.93. The summed E-state index contributed by atoms with van der Waals surface area (Å²) >= 11 is 0. The van der Waals surface area contributed by atoms with E-state index in [0.717, 1.165) is 6.26 Å². The molecule has 0 aliphatic carbocycles. The molecule has 0 saturated carbocycles. The van der Waals surface area contributed by atoms with Crippen LogP contribution in [0.15, 0.2) is 29.2 Å². The Morgan fingerprint density at radius 1 is 1.38 bits per heavy atom. The van der Waals surface area contributed by atoms with Gasteiger partial charge in [0.05, 0.1) is 0 Å². The van der Waals surface area contributed by atoms with Crippen molar-refractivity contribution >= 4 is 21.8 Å². The lowest BCUT2D eigenvalue weighted by molar-refractivity contribution is -0.125. The van der Waals surface area contributed by atoms with Crippen molar-refractivity contribution in [2.24, 2.45) is 5.92 Å². The maximum atomic E-state index is 11.4. The van der Waals surface area contributed by atoms with Crippen LogP contribution in [0.25, 0.3) is 6.08 Å². The normalized spacial score (nSPS) is 23.2. The molecule has 0 bridgehead atoms. The molecule has 0 spiro atoms. The molecule has 7 heteroatoms. The number of phenols is 1. The van der Waals surface area contributed by atoms with Crippen LogP contribution in [0.1, 0.15) is 18.9 Å². The molecule has 1 aliphatic rings. The number of aromatic hydroxyl groups is 1. The van der Waals surface area contributed by atoms with Crippen LogP contribution in [0.4, 0.5) is 0 Å². The second-order valence-corrected chi connectivity index (χ2v) is 7.24. The zero-order valence-electron chi connectivity index (χ0n) is 11.8. The first-order valence-corrected chi connectivity index (χ1v) is 8.42. The number of rotatable bonds is 3. The van der Waals surface area contributed by atoms with Crippen LogP contribution in [0.2, 0.25) is 0 Å². The number of carbonyl (C=O) groups is 1. The molecular weight excluding hydrogens is 292 g/mol. The predicted octanol–water partition coefficient (Wildman–Crippen LogP) is 0.838. The van der Waals surface area contributed by atoms with E-state index in [4.69, 9.17) is 0 Å². The summed E-state index contributed by atoms with van der Waals surface area (Å²) in [6, 6.07) is 4.39. The summed E-state index contributed by atoms with van der Waals surface area (Å²) in [6.45, 7) is 1.96. The van der Waals surface area contributed by atoms with E-state index < -0.39 is 9.84 Å². The Bertz CT molecular complexity index is 682. The lowest BCUT2D eigenvalue weighted by Crippen LogP contribution is -2.52. The highest BCUT2D eigenvalue weighted by Crippen LogP contribution is 2.24. The van der Waals surface area contributed by atoms with Gasteiger partial charge in [0.2, 0.25) is 5.91 Å². The number of hydrogen-bond donors (Lipinski definition) is 3. The van der Waals surface area contributed by atoms with Gasteiger partial charge in [-0.25, -0.2) is 13.8 Å². The molecule has 3 N–H and O–H groups in total. The molecule has 21 heavy (non-hydrogen) atoms. The second-order valence-electron chi connectivity index (χ2n) is 5.26. The summed E-state index contributed by atoms with van der Waals surface area (Å²) < 4.78 is 22.8. The highest BCUT2D eigenvalue weighted by Gasteiger charge is 2.22. The van der Waals surface area contributed by atoms with Gasteiger partial charge in [-0.05, 0) is 23.6 Å². The highest BCUT2D eigenvalue weighted by molar-refractivity contribution is 7.90. The second kappa shape index (κ2) is 5.87. The van der Waals surface area contributed by atoms with Crippen molar-refractivity contribution in [1.29, 1.82) is 0 Å². The molecular formula is C14H18N2O4S. The summed E-state index contributed by atoms with van der Waals surface area (Å²) in [5.41, 5.74) is 6.15. The molecule has 2 rings (SSSR count). The average Bonchev–Trinajstić information content (AvgIpc) is 2.36. The van der Waals surface area contributed by atoms with Crippen molar-refractivity contribution < 1.29 is 18.3 Å². The first-order chi connectivity index (χ1) is 9.77. The van der Waals surface area contributed by atoms with Crippen LogP contribution in [-0.2, 0) is 14.6 Å². The van der Waals surface area contributed by atoms with Crippen LogP contribution < -0.4 is 10.9 Å². The predicted molar refractivity (Wildman–Crippen MR) is 79.1 cm³/mol. The number of hydrazine groups is 1. The Labute approximate surface area is 123 Å². The molecule has 2 unspecified atom stereocenters. The fourth-order valence-electron chi connectivity index (χ4n) is 2.18. The van der Waals surface area contributed by atoms with Crippen LogP contribution in [0, 0.1) is 5.92 Å². The number of amides is 1. The maximum Gasteiger partial charge on any atom is 0.234 e. The van der Waals surface area contributed by atoms with Gasteiger partial charge in [-0.15, -0.1) is 0 Å². The van der Waals surface area contributed by atoms with Gasteiger partial charge in [-0.1, -0.05) is 25.1 Å². The SMILES string of the molecule is CC1CC(=O)NNC1/C=C/c1ccc(S(C)(=O)=O)c(O)c1. The van der Waals surface area contributed by atoms with E-state index >= 15 is 0 Å². The molecule has 114 valence electrons. The largest absolute Gasteiger partial charge is 0.507 e. The molecule has 1 amide bonds. The first-order valence-electron chi connectivity index (χ1n) is 6.53. The van der Waals surface area contributed by atoms with Gasteiger partial charge in [0.15, 0.2) is 9.84 Å². The maximum absolute atomic E-state index is 11.4.